The van der Waals surface area contributed by atoms with Crippen LogP contribution in [-0.4, -0.2) is 19.8 Å². The van der Waals surface area contributed by atoms with Gasteiger partial charge in [0.15, 0.2) is 0 Å². The molecule has 0 radical (unpaired) electrons. The van der Waals surface area contributed by atoms with Crippen LogP contribution in [-0.2, 0) is 16.6 Å². The van der Waals surface area contributed by atoms with E-state index in [1.54, 1.807) is 13.1 Å². The van der Waals surface area contributed by atoms with Gasteiger partial charge in [-0.15, -0.1) is 11.3 Å². The lowest BCUT2D eigenvalue weighted by Gasteiger charge is -2.17. The third-order valence-electron chi connectivity index (χ3n) is 2.93. The van der Waals surface area contributed by atoms with Gasteiger partial charge in [-0.05, 0) is 25.5 Å². The summed E-state index contributed by atoms with van der Waals surface area (Å²) >= 11 is 1.51. The summed E-state index contributed by atoms with van der Waals surface area (Å²) in [6, 6.07) is 11.3. The molecule has 0 fully saturated rings. The Bertz CT molecular complexity index is 660. The summed E-state index contributed by atoms with van der Waals surface area (Å²) in [5.41, 5.74) is 0.984. The molecule has 0 unspecified atom stereocenters. The van der Waals surface area contributed by atoms with E-state index >= 15 is 0 Å². The van der Waals surface area contributed by atoms with Crippen molar-refractivity contribution in [1.29, 1.82) is 0 Å². The summed E-state index contributed by atoms with van der Waals surface area (Å²) in [6.07, 6.45) is 0. The van der Waals surface area contributed by atoms with Gasteiger partial charge in [0.05, 0.1) is 4.90 Å². The first kappa shape index (κ1) is 14.2. The second-order valence-corrected chi connectivity index (χ2v) is 8.00. The third kappa shape index (κ3) is 3.05. The fourth-order valence-electron chi connectivity index (χ4n) is 1.96. The molecule has 0 spiro atoms. The van der Waals surface area contributed by atoms with Crippen molar-refractivity contribution in [2.75, 3.05) is 7.05 Å². The van der Waals surface area contributed by atoms with Gasteiger partial charge in [-0.25, -0.2) is 8.42 Å². The van der Waals surface area contributed by atoms with Gasteiger partial charge in [-0.2, -0.15) is 4.31 Å². The molecule has 0 atom stereocenters. The lowest BCUT2D eigenvalue weighted by molar-refractivity contribution is 0.466. The van der Waals surface area contributed by atoms with Crippen molar-refractivity contribution in [1.82, 2.24) is 4.31 Å². The lowest BCUT2D eigenvalue weighted by atomic mass is 10.2. The Kier molecular flexibility index (Phi) is 4.08. The molecule has 0 aliphatic rings. The fourth-order valence-corrected chi connectivity index (χ4v) is 4.64. The van der Waals surface area contributed by atoms with E-state index in [-0.39, 0.29) is 0 Å². The second-order valence-electron chi connectivity index (χ2n) is 4.52. The Morgan fingerprint density at radius 2 is 1.79 bits per heavy atom. The molecule has 1 heterocycles. The number of nitrogens with zero attached hydrogens (tertiary/aromatic N) is 1. The van der Waals surface area contributed by atoms with E-state index in [1.165, 1.54) is 15.6 Å². The Balaban J connectivity index is 2.27. The quantitative estimate of drug-likeness (QED) is 0.868. The number of sulfonamides is 1. The van der Waals surface area contributed by atoms with E-state index in [0.29, 0.717) is 11.4 Å². The average molecular weight is 295 g/mol. The van der Waals surface area contributed by atoms with Gasteiger partial charge in [0.2, 0.25) is 10.0 Å². The second kappa shape index (κ2) is 5.45. The van der Waals surface area contributed by atoms with Gasteiger partial charge in [-0.1, -0.05) is 30.3 Å². The maximum absolute atomic E-state index is 12.5. The number of thiophene rings is 1. The fraction of sp³-hybridized carbons (Fsp3) is 0.286. The molecule has 5 heteroatoms. The van der Waals surface area contributed by atoms with Crippen molar-refractivity contribution >= 4 is 21.4 Å². The molecule has 1 aromatic carbocycles. The minimum atomic E-state index is -3.40. The van der Waals surface area contributed by atoms with Crippen LogP contribution >= 0.6 is 11.3 Å². The first-order chi connectivity index (χ1) is 8.91. The van der Waals surface area contributed by atoms with Crippen molar-refractivity contribution in [3.63, 3.8) is 0 Å². The summed E-state index contributed by atoms with van der Waals surface area (Å²) in [5.74, 6) is 0. The average Bonchev–Trinajstić information content (AvgIpc) is 2.70. The Labute approximate surface area is 118 Å². The van der Waals surface area contributed by atoms with Crippen LogP contribution in [0.4, 0.5) is 0 Å². The molecule has 0 amide bonds. The van der Waals surface area contributed by atoms with Crippen molar-refractivity contribution < 1.29 is 8.42 Å². The zero-order valence-corrected chi connectivity index (χ0v) is 12.9. The monoisotopic (exact) mass is 295 g/mol. The van der Waals surface area contributed by atoms with Gasteiger partial charge in [0, 0.05) is 23.3 Å². The number of rotatable bonds is 4. The molecule has 2 rings (SSSR count). The maximum atomic E-state index is 12.5. The Morgan fingerprint density at radius 3 is 2.32 bits per heavy atom. The third-order valence-corrected chi connectivity index (χ3v) is 5.96. The van der Waals surface area contributed by atoms with Crippen molar-refractivity contribution in [3.8, 4) is 0 Å². The normalized spacial score (nSPS) is 12.0. The van der Waals surface area contributed by atoms with Crippen LogP contribution in [0.5, 0.6) is 0 Å². The Morgan fingerprint density at radius 1 is 1.16 bits per heavy atom. The number of hydrogen-bond donors (Lipinski definition) is 0. The SMILES string of the molecule is Cc1cc(S(=O)(=O)N(C)Cc2ccccc2)c(C)s1. The molecule has 2 aromatic rings. The first-order valence-corrected chi connectivity index (χ1v) is 8.24. The topological polar surface area (TPSA) is 37.4 Å². The zero-order valence-electron chi connectivity index (χ0n) is 11.3. The molecule has 1 aromatic heterocycles. The van der Waals surface area contributed by atoms with E-state index in [4.69, 9.17) is 0 Å². The van der Waals surface area contributed by atoms with Gasteiger partial charge in [0.1, 0.15) is 0 Å². The van der Waals surface area contributed by atoms with Crippen LogP contribution < -0.4 is 0 Å². The van der Waals surface area contributed by atoms with Crippen LogP contribution in [0.1, 0.15) is 15.3 Å². The molecule has 0 aliphatic heterocycles. The minimum absolute atomic E-state index is 0.386. The van der Waals surface area contributed by atoms with Crippen LogP contribution in [0.2, 0.25) is 0 Å². The highest BCUT2D eigenvalue weighted by Crippen LogP contribution is 2.27. The first-order valence-electron chi connectivity index (χ1n) is 5.98. The van der Waals surface area contributed by atoms with Crippen molar-refractivity contribution in [2.24, 2.45) is 0 Å². The molecule has 0 aliphatic carbocycles. The van der Waals surface area contributed by atoms with Gasteiger partial charge in [-0.3, -0.25) is 0 Å². The minimum Gasteiger partial charge on any atom is -0.207 e. The summed E-state index contributed by atoms with van der Waals surface area (Å²) in [4.78, 5) is 2.29. The van der Waals surface area contributed by atoms with E-state index in [9.17, 15) is 8.42 Å². The zero-order chi connectivity index (χ0) is 14.0. The summed E-state index contributed by atoms with van der Waals surface area (Å²) in [6.45, 7) is 4.16. The molecular formula is C14H17NO2S2. The number of hydrogen-bond acceptors (Lipinski definition) is 3. The molecule has 0 saturated carbocycles. The molecule has 0 saturated heterocycles. The summed E-state index contributed by atoms with van der Waals surface area (Å²) in [7, 11) is -1.78. The summed E-state index contributed by atoms with van der Waals surface area (Å²) < 4.78 is 26.4. The molecule has 19 heavy (non-hydrogen) atoms. The van der Waals surface area contributed by atoms with Crippen molar-refractivity contribution in [2.45, 2.75) is 25.3 Å². The number of aryl methyl sites for hydroxylation is 2. The summed E-state index contributed by atoms with van der Waals surface area (Å²) in [5, 5.41) is 0. The highest BCUT2D eigenvalue weighted by atomic mass is 32.2. The maximum Gasteiger partial charge on any atom is 0.244 e. The highest BCUT2D eigenvalue weighted by Gasteiger charge is 2.24. The van der Waals surface area contributed by atoms with E-state index < -0.39 is 10.0 Å². The van der Waals surface area contributed by atoms with E-state index in [2.05, 4.69) is 0 Å². The Hall–Kier alpha value is -1.17. The smallest absolute Gasteiger partial charge is 0.207 e. The van der Waals surface area contributed by atoms with E-state index in [0.717, 1.165) is 15.3 Å². The molecule has 102 valence electrons. The largest absolute Gasteiger partial charge is 0.244 e. The molecule has 3 nitrogen and oxygen atoms in total. The van der Waals surface area contributed by atoms with E-state index in [1.807, 2.05) is 44.2 Å². The molecular weight excluding hydrogens is 278 g/mol. The van der Waals surface area contributed by atoms with Crippen LogP contribution in [0, 0.1) is 13.8 Å². The van der Waals surface area contributed by atoms with Crippen molar-refractivity contribution in [3.05, 3.63) is 51.7 Å². The van der Waals surface area contributed by atoms with Crippen LogP contribution in [0.25, 0.3) is 0 Å². The van der Waals surface area contributed by atoms with Crippen LogP contribution in [0.3, 0.4) is 0 Å². The van der Waals surface area contributed by atoms with Gasteiger partial charge < -0.3 is 0 Å². The highest BCUT2D eigenvalue weighted by molar-refractivity contribution is 7.89. The predicted molar refractivity (Wildman–Crippen MR) is 78.9 cm³/mol. The van der Waals surface area contributed by atoms with Crippen LogP contribution in [0.15, 0.2) is 41.3 Å². The molecule has 0 bridgehead atoms. The number of benzene rings is 1. The standard InChI is InChI=1S/C14H17NO2S2/c1-11-9-14(12(2)18-11)19(16,17)15(3)10-13-7-5-4-6-8-13/h4-9H,10H2,1-3H3. The predicted octanol–water partition coefficient (Wildman–Crippen LogP) is 3.19. The van der Waals surface area contributed by atoms with Gasteiger partial charge in [0.25, 0.3) is 0 Å². The molecule has 0 N–H and O–H groups in total. The lowest BCUT2D eigenvalue weighted by Crippen LogP contribution is -2.26. The van der Waals surface area contributed by atoms with Gasteiger partial charge >= 0.3 is 0 Å².